The van der Waals surface area contributed by atoms with Gasteiger partial charge in [-0.25, -0.2) is 0 Å². The maximum Gasteiger partial charge on any atom is 0.230 e. The van der Waals surface area contributed by atoms with E-state index in [0.29, 0.717) is 57.3 Å². The van der Waals surface area contributed by atoms with Crippen LogP contribution < -0.4 is 5.73 Å². The van der Waals surface area contributed by atoms with E-state index >= 15 is 0 Å². The second kappa shape index (κ2) is 8.50. The van der Waals surface area contributed by atoms with Crippen molar-refractivity contribution in [1.82, 2.24) is 4.90 Å². The average molecular weight is 375 g/mol. The molecule has 0 spiro atoms. The zero-order valence-corrected chi connectivity index (χ0v) is 15.2. The van der Waals surface area contributed by atoms with E-state index in [0.717, 1.165) is 5.56 Å². The molecule has 134 valence electrons. The number of amides is 1. The Labute approximate surface area is 153 Å². The number of nitrogens with zero attached hydrogens (tertiary/aromatic N) is 1. The zero-order chi connectivity index (χ0) is 16.3. The van der Waals surface area contributed by atoms with Gasteiger partial charge in [-0.2, -0.15) is 0 Å². The molecule has 1 atom stereocenters. The minimum Gasteiger partial charge on any atom is -0.381 e. The summed E-state index contributed by atoms with van der Waals surface area (Å²) in [6.07, 6.45) is 1.20. The van der Waals surface area contributed by atoms with Crippen LogP contribution in [0.1, 0.15) is 24.5 Å². The molecule has 2 saturated heterocycles. The van der Waals surface area contributed by atoms with Crippen LogP contribution in [-0.4, -0.2) is 50.3 Å². The minimum atomic E-state index is -0.485. The smallest absolute Gasteiger partial charge is 0.230 e. The quantitative estimate of drug-likeness (QED) is 0.881. The van der Waals surface area contributed by atoms with Gasteiger partial charge >= 0.3 is 0 Å². The third-order valence-corrected chi connectivity index (χ3v) is 5.24. The summed E-state index contributed by atoms with van der Waals surface area (Å²) in [5, 5.41) is 0.673. The van der Waals surface area contributed by atoms with Gasteiger partial charge in [0.25, 0.3) is 0 Å². The fraction of sp³-hybridized carbons (Fsp3) is 0.588. The number of rotatable bonds is 3. The van der Waals surface area contributed by atoms with E-state index in [1.165, 1.54) is 0 Å². The summed E-state index contributed by atoms with van der Waals surface area (Å²) in [6.45, 7) is 3.19. The third kappa shape index (κ3) is 3.86. The van der Waals surface area contributed by atoms with E-state index < -0.39 is 5.41 Å². The lowest BCUT2D eigenvalue weighted by molar-refractivity contribution is -0.154. The first kappa shape index (κ1) is 19.5. The Bertz CT molecular complexity index is 565. The third-order valence-electron chi connectivity index (χ3n) is 4.90. The lowest BCUT2D eigenvalue weighted by Gasteiger charge is -2.42. The van der Waals surface area contributed by atoms with E-state index in [1.807, 2.05) is 29.2 Å². The molecule has 1 aromatic carbocycles. The van der Waals surface area contributed by atoms with Crippen LogP contribution in [0.25, 0.3) is 0 Å². The number of hydrogen-bond acceptors (Lipinski definition) is 4. The molecular formula is C17H24Cl2N2O3. The maximum atomic E-state index is 13.1. The molecule has 2 heterocycles. The van der Waals surface area contributed by atoms with E-state index in [-0.39, 0.29) is 24.4 Å². The zero-order valence-electron chi connectivity index (χ0n) is 13.6. The highest BCUT2D eigenvalue weighted by atomic mass is 35.5. The molecule has 0 aromatic heterocycles. The molecule has 2 aliphatic rings. The predicted octanol–water partition coefficient (Wildman–Crippen LogP) is 2.42. The summed E-state index contributed by atoms with van der Waals surface area (Å²) >= 11 is 6.27. The van der Waals surface area contributed by atoms with Crippen molar-refractivity contribution in [3.8, 4) is 0 Å². The predicted molar refractivity (Wildman–Crippen MR) is 95.5 cm³/mol. The first-order valence-corrected chi connectivity index (χ1v) is 8.47. The van der Waals surface area contributed by atoms with Crippen molar-refractivity contribution in [1.29, 1.82) is 0 Å². The van der Waals surface area contributed by atoms with Gasteiger partial charge in [0.15, 0.2) is 0 Å². The fourth-order valence-corrected chi connectivity index (χ4v) is 3.62. The van der Waals surface area contributed by atoms with Crippen LogP contribution in [0.3, 0.4) is 0 Å². The van der Waals surface area contributed by atoms with Crippen LogP contribution in [-0.2, 0) is 14.3 Å². The van der Waals surface area contributed by atoms with Crippen LogP contribution >= 0.6 is 24.0 Å². The van der Waals surface area contributed by atoms with Gasteiger partial charge in [-0.05, 0) is 18.9 Å². The number of halogens is 2. The topological polar surface area (TPSA) is 64.8 Å². The number of hydrogen-bond donors (Lipinski definition) is 1. The molecule has 7 heteroatoms. The van der Waals surface area contributed by atoms with Crippen molar-refractivity contribution in [2.75, 3.05) is 39.5 Å². The van der Waals surface area contributed by atoms with Gasteiger partial charge in [-0.15, -0.1) is 12.4 Å². The Hall–Kier alpha value is -0.850. The van der Waals surface area contributed by atoms with Gasteiger partial charge in [-0.1, -0.05) is 29.8 Å². The van der Waals surface area contributed by atoms with Crippen LogP contribution in [0.5, 0.6) is 0 Å². The van der Waals surface area contributed by atoms with Gasteiger partial charge in [0.1, 0.15) is 6.10 Å². The Balaban J connectivity index is 0.00000208. The molecule has 0 saturated carbocycles. The highest BCUT2D eigenvalue weighted by Gasteiger charge is 2.42. The molecule has 1 amide bonds. The number of carbonyl (C=O) groups is 1. The number of morpholine rings is 1. The van der Waals surface area contributed by atoms with E-state index in [4.69, 9.17) is 26.8 Å². The largest absolute Gasteiger partial charge is 0.381 e. The average Bonchev–Trinajstić information content (AvgIpc) is 2.62. The van der Waals surface area contributed by atoms with Crippen molar-refractivity contribution in [2.24, 2.45) is 11.1 Å². The molecule has 5 nitrogen and oxygen atoms in total. The molecule has 0 aliphatic carbocycles. The van der Waals surface area contributed by atoms with Crippen LogP contribution in [0.15, 0.2) is 24.3 Å². The standard InChI is InChI=1S/C17H23ClN2O3.ClH/c18-14-4-2-1-3-13(14)15-11-20(7-10-23-15)16(21)17(12-19)5-8-22-9-6-17;/h1-4,15H,5-12,19H2;1H. The number of carbonyl (C=O) groups excluding carboxylic acids is 1. The molecular weight excluding hydrogens is 351 g/mol. The Morgan fingerprint density at radius 2 is 2.00 bits per heavy atom. The molecule has 1 unspecified atom stereocenters. The highest BCUT2D eigenvalue weighted by Crippen LogP contribution is 2.34. The SMILES string of the molecule is Cl.NCC1(C(=O)N2CCOC(c3ccccc3Cl)C2)CCOCC1. The fourth-order valence-electron chi connectivity index (χ4n) is 3.36. The Morgan fingerprint density at radius 1 is 1.29 bits per heavy atom. The summed E-state index contributed by atoms with van der Waals surface area (Å²) in [7, 11) is 0. The minimum absolute atomic E-state index is 0. The summed E-state index contributed by atoms with van der Waals surface area (Å²) in [5.41, 5.74) is 6.41. The van der Waals surface area contributed by atoms with Crippen LogP contribution in [0.4, 0.5) is 0 Å². The monoisotopic (exact) mass is 374 g/mol. The van der Waals surface area contributed by atoms with E-state index in [9.17, 15) is 4.79 Å². The summed E-state index contributed by atoms with van der Waals surface area (Å²) in [5.74, 6) is 0.128. The first-order chi connectivity index (χ1) is 11.2. The maximum absolute atomic E-state index is 13.1. The molecule has 2 aliphatic heterocycles. The van der Waals surface area contributed by atoms with Gasteiger partial charge in [0.2, 0.25) is 5.91 Å². The van der Waals surface area contributed by atoms with Crippen molar-refractivity contribution < 1.29 is 14.3 Å². The normalized spacial score (nSPS) is 23.4. The van der Waals surface area contributed by atoms with Crippen molar-refractivity contribution in [2.45, 2.75) is 18.9 Å². The lowest BCUT2D eigenvalue weighted by Crippen LogP contribution is -2.54. The molecule has 0 radical (unpaired) electrons. The Morgan fingerprint density at radius 3 is 2.67 bits per heavy atom. The lowest BCUT2D eigenvalue weighted by atomic mass is 9.78. The number of ether oxygens (including phenoxy) is 2. The van der Waals surface area contributed by atoms with E-state index in [2.05, 4.69) is 0 Å². The molecule has 24 heavy (non-hydrogen) atoms. The number of nitrogens with two attached hydrogens (primary N) is 1. The second-order valence-electron chi connectivity index (χ2n) is 6.23. The van der Waals surface area contributed by atoms with Gasteiger partial charge < -0.3 is 20.1 Å². The molecule has 1 aromatic rings. The van der Waals surface area contributed by atoms with Crippen LogP contribution in [0.2, 0.25) is 5.02 Å². The molecule has 0 bridgehead atoms. The van der Waals surface area contributed by atoms with Crippen molar-refractivity contribution in [3.63, 3.8) is 0 Å². The van der Waals surface area contributed by atoms with Gasteiger partial charge in [0, 0.05) is 36.9 Å². The van der Waals surface area contributed by atoms with E-state index in [1.54, 1.807) is 0 Å². The molecule has 2 N–H and O–H groups in total. The summed E-state index contributed by atoms with van der Waals surface area (Å²) < 4.78 is 11.2. The molecule has 2 fully saturated rings. The number of benzene rings is 1. The first-order valence-electron chi connectivity index (χ1n) is 8.09. The van der Waals surface area contributed by atoms with Gasteiger partial charge in [-0.3, -0.25) is 4.79 Å². The second-order valence-corrected chi connectivity index (χ2v) is 6.64. The molecule has 3 rings (SSSR count). The van der Waals surface area contributed by atoms with Crippen molar-refractivity contribution >= 4 is 29.9 Å². The Kier molecular flexibility index (Phi) is 6.89. The summed E-state index contributed by atoms with van der Waals surface area (Å²) in [6, 6.07) is 7.63. The van der Waals surface area contributed by atoms with Gasteiger partial charge in [0.05, 0.1) is 18.6 Å². The summed E-state index contributed by atoms with van der Waals surface area (Å²) in [4.78, 5) is 15.0. The highest BCUT2D eigenvalue weighted by molar-refractivity contribution is 6.31. The van der Waals surface area contributed by atoms with Crippen LogP contribution in [0, 0.1) is 5.41 Å². The van der Waals surface area contributed by atoms with Crippen molar-refractivity contribution in [3.05, 3.63) is 34.9 Å².